The van der Waals surface area contributed by atoms with Gasteiger partial charge in [0.2, 0.25) is 5.91 Å². The van der Waals surface area contributed by atoms with Crippen LogP contribution in [0.4, 0.5) is 5.69 Å². The van der Waals surface area contributed by atoms with Gasteiger partial charge in [0.05, 0.1) is 5.52 Å². The maximum atomic E-state index is 12.0. The van der Waals surface area contributed by atoms with Crippen molar-refractivity contribution >= 4 is 22.5 Å². The molecule has 1 atom stereocenters. The van der Waals surface area contributed by atoms with E-state index < -0.39 is 0 Å². The molecule has 1 unspecified atom stereocenters. The molecule has 1 heterocycles. The third kappa shape index (κ3) is 4.83. The highest BCUT2D eigenvalue weighted by molar-refractivity contribution is 5.93. The van der Waals surface area contributed by atoms with Gasteiger partial charge < -0.3 is 11.1 Å². The number of nitrogens with one attached hydrogen (secondary N) is 1. The average Bonchev–Trinajstić information content (AvgIpc) is 2.35. The number of hydrogen-bond acceptors (Lipinski definition) is 3. The Balaban J connectivity index is 1.98. The largest absolute Gasteiger partial charge is 0.327 e. The summed E-state index contributed by atoms with van der Waals surface area (Å²) in [6.07, 6.45) is 2.91. The first-order valence-electron chi connectivity index (χ1n) is 7.24. The van der Waals surface area contributed by atoms with Crippen molar-refractivity contribution in [3.8, 4) is 0 Å². The van der Waals surface area contributed by atoms with Gasteiger partial charge in [-0.1, -0.05) is 26.8 Å². The molecule has 21 heavy (non-hydrogen) atoms. The molecule has 112 valence electrons. The van der Waals surface area contributed by atoms with Gasteiger partial charge >= 0.3 is 0 Å². The van der Waals surface area contributed by atoms with Gasteiger partial charge in [-0.3, -0.25) is 9.78 Å². The zero-order valence-electron chi connectivity index (χ0n) is 12.9. The first-order valence-corrected chi connectivity index (χ1v) is 7.24. The fourth-order valence-corrected chi connectivity index (χ4v) is 2.46. The topological polar surface area (TPSA) is 68.0 Å². The molecule has 0 aliphatic heterocycles. The van der Waals surface area contributed by atoms with Crippen LogP contribution in [0.3, 0.4) is 0 Å². The SMILES string of the molecule is CC(C)(C)CC(N)CC(=O)Nc1ccc2ncccc2c1. The molecular weight excluding hydrogens is 262 g/mol. The van der Waals surface area contributed by atoms with E-state index in [4.69, 9.17) is 5.73 Å². The number of carbonyl (C=O) groups excluding carboxylic acids is 1. The number of nitrogens with two attached hydrogens (primary N) is 1. The van der Waals surface area contributed by atoms with Gasteiger partial charge in [-0.25, -0.2) is 0 Å². The van der Waals surface area contributed by atoms with E-state index in [1.54, 1.807) is 6.20 Å². The van der Waals surface area contributed by atoms with Gasteiger partial charge in [0, 0.05) is 29.7 Å². The highest BCUT2D eigenvalue weighted by Crippen LogP contribution is 2.22. The molecule has 0 aliphatic carbocycles. The molecular formula is C17H23N3O. The van der Waals surface area contributed by atoms with E-state index in [1.807, 2.05) is 30.3 Å². The van der Waals surface area contributed by atoms with Gasteiger partial charge in [0.15, 0.2) is 0 Å². The molecule has 1 aromatic heterocycles. The van der Waals surface area contributed by atoms with Crippen molar-refractivity contribution in [3.05, 3.63) is 36.5 Å². The lowest BCUT2D eigenvalue weighted by Crippen LogP contribution is -2.31. The minimum absolute atomic E-state index is 0.0463. The van der Waals surface area contributed by atoms with Gasteiger partial charge in [0.1, 0.15) is 0 Å². The van der Waals surface area contributed by atoms with Crippen LogP contribution in [0.5, 0.6) is 0 Å². The van der Waals surface area contributed by atoms with E-state index in [2.05, 4.69) is 31.1 Å². The van der Waals surface area contributed by atoms with Gasteiger partial charge in [-0.2, -0.15) is 0 Å². The van der Waals surface area contributed by atoms with E-state index in [-0.39, 0.29) is 17.4 Å². The third-order valence-corrected chi connectivity index (χ3v) is 3.21. The Morgan fingerprint density at radius 3 is 2.81 bits per heavy atom. The predicted molar refractivity (Wildman–Crippen MR) is 87.0 cm³/mol. The lowest BCUT2D eigenvalue weighted by Gasteiger charge is -2.22. The van der Waals surface area contributed by atoms with Crippen molar-refractivity contribution in [1.29, 1.82) is 0 Å². The smallest absolute Gasteiger partial charge is 0.225 e. The van der Waals surface area contributed by atoms with Crippen LogP contribution < -0.4 is 11.1 Å². The number of amides is 1. The minimum Gasteiger partial charge on any atom is -0.327 e. The second-order valence-corrected chi connectivity index (χ2v) is 6.69. The van der Waals surface area contributed by atoms with Crippen LogP contribution in [-0.2, 0) is 4.79 Å². The standard InChI is InChI=1S/C17H23N3O/c1-17(2,3)11-13(18)10-16(21)20-14-6-7-15-12(9-14)5-4-8-19-15/h4-9,13H,10-11,18H2,1-3H3,(H,20,21). The summed E-state index contributed by atoms with van der Waals surface area (Å²) < 4.78 is 0. The minimum atomic E-state index is -0.118. The summed E-state index contributed by atoms with van der Waals surface area (Å²) in [5.74, 6) is -0.0463. The Morgan fingerprint density at radius 1 is 1.33 bits per heavy atom. The van der Waals surface area contributed by atoms with E-state index >= 15 is 0 Å². The molecule has 0 aliphatic rings. The van der Waals surface area contributed by atoms with Crippen LogP contribution in [0.25, 0.3) is 10.9 Å². The summed E-state index contributed by atoms with van der Waals surface area (Å²) in [7, 11) is 0. The van der Waals surface area contributed by atoms with E-state index in [9.17, 15) is 4.79 Å². The van der Waals surface area contributed by atoms with Crippen molar-refractivity contribution in [3.63, 3.8) is 0 Å². The molecule has 0 saturated heterocycles. The van der Waals surface area contributed by atoms with Crippen LogP contribution in [0.1, 0.15) is 33.6 Å². The third-order valence-electron chi connectivity index (χ3n) is 3.21. The molecule has 4 heteroatoms. The second-order valence-electron chi connectivity index (χ2n) is 6.69. The molecule has 4 nitrogen and oxygen atoms in total. The quantitative estimate of drug-likeness (QED) is 0.905. The summed E-state index contributed by atoms with van der Waals surface area (Å²) in [5.41, 5.74) is 7.86. The highest BCUT2D eigenvalue weighted by Gasteiger charge is 2.18. The van der Waals surface area contributed by atoms with E-state index in [0.29, 0.717) is 6.42 Å². The van der Waals surface area contributed by atoms with Crippen molar-refractivity contribution < 1.29 is 4.79 Å². The molecule has 0 spiro atoms. The van der Waals surface area contributed by atoms with Crippen molar-refractivity contribution in [1.82, 2.24) is 4.98 Å². The fourth-order valence-electron chi connectivity index (χ4n) is 2.46. The second kappa shape index (κ2) is 6.22. The zero-order valence-corrected chi connectivity index (χ0v) is 12.9. The number of rotatable bonds is 4. The molecule has 1 amide bonds. The Labute approximate surface area is 125 Å². The molecule has 2 aromatic rings. The summed E-state index contributed by atoms with van der Waals surface area (Å²) >= 11 is 0. The Bertz CT molecular complexity index is 631. The molecule has 0 radical (unpaired) electrons. The Kier molecular flexibility index (Phi) is 4.58. The lowest BCUT2D eigenvalue weighted by molar-refractivity contribution is -0.116. The van der Waals surface area contributed by atoms with Crippen LogP contribution in [-0.4, -0.2) is 16.9 Å². The number of carbonyl (C=O) groups is 1. The number of hydrogen-bond donors (Lipinski definition) is 2. The van der Waals surface area contributed by atoms with Crippen molar-refractivity contribution in [2.75, 3.05) is 5.32 Å². The van der Waals surface area contributed by atoms with Crippen LogP contribution in [0.15, 0.2) is 36.5 Å². The normalized spacial score (nSPS) is 13.1. The first-order chi connectivity index (χ1) is 9.83. The summed E-state index contributed by atoms with van der Waals surface area (Å²) in [5, 5.41) is 3.91. The number of benzene rings is 1. The molecule has 0 bridgehead atoms. The maximum absolute atomic E-state index is 12.0. The molecule has 0 fully saturated rings. The van der Waals surface area contributed by atoms with E-state index in [1.165, 1.54) is 0 Å². The lowest BCUT2D eigenvalue weighted by atomic mass is 9.87. The Hall–Kier alpha value is -1.94. The van der Waals surface area contributed by atoms with Crippen LogP contribution in [0.2, 0.25) is 0 Å². The van der Waals surface area contributed by atoms with E-state index in [0.717, 1.165) is 23.0 Å². The van der Waals surface area contributed by atoms with Crippen LogP contribution in [0, 0.1) is 5.41 Å². The van der Waals surface area contributed by atoms with Crippen molar-refractivity contribution in [2.24, 2.45) is 11.1 Å². The van der Waals surface area contributed by atoms with Gasteiger partial charge in [-0.15, -0.1) is 0 Å². The van der Waals surface area contributed by atoms with Gasteiger partial charge in [-0.05, 0) is 36.1 Å². The first kappa shape index (κ1) is 15.4. The molecule has 3 N–H and O–H groups in total. The number of anilines is 1. The average molecular weight is 285 g/mol. The Morgan fingerprint density at radius 2 is 2.10 bits per heavy atom. The van der Waals surface area contributed by atoms with Gasteiger partial charge in [0.25, 0.3) is 0 Å². The number of aromatic nitrogens is 1. The molecule has 2 rings (SSSR count). The van der Waals surface area contributed by atoms with Crippen LogP contribution >= 0.6 is 0 Å². The maximum Gasteiger partial charge on any atom is 0.225 e. The van der Waals surface area contributed by atoms with Crippen molar-refractivity contribution in [2.45, 2.75) is 39.7 Å². The fraction of sp³-hybridized carbons (Fsp3) is 0.412. The summed E-state index contributed by atoms with van der Waals surface area (Å²) in [6, 6.07) is 9.43. The molecule has 1 aromatic carbocycles. The number of fused-ring (bicyclic) bond motifs is 1. The molecule has 0 saturated carbocycles. The number of pyridine rings is 1. The zero-order chi connectivity index (χ0) is 15.5. The number of nitrogens with zero attached hydrogens (tertiary/aromatic N) is 1. The summed E-state index contributed by atoms with van der Waals surface area (Å²) in [4.78, 5) is 16.3. The monoisotopic (exact) mass is 285 g/mol. The summed E-state index contributed by atoms with van der Waals surface area (Å²) in [6.45, 7) is 6.38. The predicted octanol–water partition coefficient (Wildman–Crippen LogP) is 3.33. The highest BCUT2D eigenvalue weighted by atomic mass is 16.1.